The molecule has 1 unspecified atom stereocenters. The number of benzene rings is 1. The number of nitrogens with one attached hydrogen (secondary N) is 1. The number of amides is 1. The van der Waals surface area contributed by atoms with Crippen molar-refractivity contribution in [2.45, 2.75) is 45.8 Å². The zero-order chi connectivity index (χ0) is 16.2. The van der Waals surface area contributed by atoms with Gasteiger partial charge < -0.3 is 15.6 Å². The molecule has 0 aromatic heterocycles. The van der Waals surface area contributed by atoms with Gasteiger partial charge in [0.05, 0.1) is 0 Å². The number of nitrogens with two attached hydrogens (primary N) is 1. The monoisotopic (exact) mass is 294 g/mol. The average Bonchev–Trinajstić information content (AvgIpc) is 2.30. The van der Waals surface area contributed by atoms with Crippen molar-refractivity contribution in [3.05, 3.63) is 29.3 Å². The Morgan fingerprint density at radius 1 is 1.38 bits per heavy atom. The Hall–Kier alpha value is -2.08. The predicted octanol–water partition coefficient (Wildman–Crippen LogP) is 2.30. The Kier molecular flexibility index (Phi) is 5.32. The van der Waals surface area contributed by atoms with E-state index in [4.69, 9.17) is 15.6 Å². The third kappa shape index (κ3) is 5.83. The van der Waals surface area contributed by atoms with Crippen LogP contribution in [0.2, 0.25) is 0 Å². The number of hydrogen-bond acceptors (Lipinski definition) is 4. The fourth-order valence-corrected chi connectivity index (χ4v) is 1.69. The highest BCUT2D eigenvalue weighted by Crippen LogP contribution is 2.19. The van der Waals surface area contributed by atoms with Crippen molar-refractivity contribution in [3.63, 3.8) is 0 Å². The second-order valence-corrected chi connectivity index (χ2v) is 5.93. The van der Waals surface area contributed by atoms with Crippen molar-refractivity contribution >= 4 is 17.7 Å². The standard InChI is InChI=1S/C15H22N2O4/c1-9-5-6-10(7-11(16)13(18)19)8-12(9)17-14(20)21-15(2,3)4/h5-6,8,11H,7,16H2,1-4H3,(H,17,20)(H,18,19). The third-order valence-electron chi connectivity index (χ3n) is 2.71. The van der Waals surface area contributed by atoms with E-state index in [2.05, 4.69) is 5.32 Å². The lowest BCUT2D eigenvalue weighted by Crippen LogP contribution is -2.32. The molecule has 1 amide bonds. The number of hydrogen-bond donors (Lipinski definition) is 3. The smallest absolute Gasteiger partial charge is 0.412 e. The molecule has 0 saturated carbocycles. The van der Waals surface area contributed by atoms with E-state index >= 15 is 0 Å². The van der Waals surface area contributed by atoms with Crippen molar-refractivity contribution in [1.82, 2.24) is 0 Å². The number of aryl methyl sites for hydroxylation is 1. The molecule has 0 fully saturated rings. The molecule has 0 saturated heterocycles. The number of carbonyl (C=O) groups excluding carboxylic acids is 1. The maximum Gasteiger partial charge on any atom is 0.412 e. The minimum Gasteiger partial charge on any atom is -0.480 e. The summed E-state index contributed by atoms with van der Waals surface area (Å²) in [5.41, 5.74) is 7.10. The molecule has 4 N–H and O–H groups in total. The Labute approximate surface area is 124 Å². The zero-order valence-electron chi connectivity index (χ0n) is 12.8. The summed E-state index contributed by atoms with van der Waals surface area (Å²) in [6.07, 6.45) is -0.358. The number of rotatable bonds is 4. The molecule has 0 spiro atoms. The van der Waals surface area contributed by atoms with Crippen LogP contribution in [0.3, 0.4) is 0 Å². The van der Waals surface area contributed by atoms with Gasteiger partial charge in [-0.2, -0.15) is 0 Å². The molecular formula is C15H22N2O4. The third-order valence-corrected chi connectivity index (χ3v) is 2.71. The van der Waals surface area contributed by atoms with Gasteiger partial charge in [0.15, 0.2) is 0 Å². The molecule has 1 aromatic rings. The van der Waals surface area contributed by atoms with E-state index in [-0.39, 0.29) is 6.42 Å². The minimum absolute atomic E-state index is 0.193. The molecule has 0 aliphatic carbocycles. The van der Waals surface area contributed by atoms with E-state index in [9.17, 15) is 9.59 Å². The Balaban J connectivity index is 2.83. The molecule has 21 heavy (non-hydrogen) atoms. The Bertz CT molecular complexity index is 535. The fraction of sp³-hybridized carbons (Fsp3) is 0.467. The highest BCUT2D eigenvalue weighted by Gasteiger charge is 2.17. The van der Waals surface area contributed by atoms with Crippen LogP contribution >= 0.6 is 0 Å². The van der Waals surface area contributed by atoms with Crippen LogP contribution in [0.25, 0.3) is 0 Å². The van der Waals surface area contributed by atoms with Crippen LogP contribution in [0.5, 0.6) is 0 Å². The average molecular weight is 294 g/mol. The number of aliphatic carboxylic acids is 1. The number of ether oxygens (including phenoxy) is 1. The van der Waals surface area contributed by atoms with E-state index in [1.807, 2.05) is 6.92 Å². The van der Waals surface area contributed by atoms with E-state index in [0.717, 1.165) is 11.1 Å². The van der Waals surface area contributed by atoms with Crippen molar-refractivity contribution in [2.75, 3.05) is 5.32 Å². The maximum atomic E-state index is 11.8. The van der Waals surface area contributed by atoms with Crippen LogP contribution in [0.4, 0.5) is 10.5 Å². The van der Waals surface area contributed by atoms with Crippen LogP contribution < -0.4 is 11.1 Å². The highest BCUT2D eigenvalue weighted by atomic mass is 16.6. The molecule has 0 aliphatic heterocycles. The molecule has 0 radical (unpaired) electrons. The largest absolute Gasteiger partial charge is 0.480 e. The molecule has 6 heteroatoms. The first-order chi connectivity index (χ1) is 9.58. The first kappa shape index (κ1) is 17.0. The summed E-state index contributed by atoms with van der Waals surface area (Å²) in [7, 11) is 0. The lowest BCUT2D eigenvalue weighted by molar-refractivity contribution is -0.138. The molecule has 6 nitrogen and oxygen atoms in total. The molecular weight excluding hydrogens is 272 g/mol. The summed E-state index contributed by atoms with van der Waals surface area (Å²) in [5.74, 6) is -1.06. The van der Waals surface area contributed by atoms with Gasteiger partial charge in [0.25, 0.3) is 0 Å². The van der Waals surface area contributed by atoms with Gasteiger partial charge in [-0.1, -0.05) is 12.1 Å². The summed E-state index contributed by atoms with van der Waals surface area (Å²) < 4.78 is 5.19. The van der Waals surface area contributed by atoms with E-state index in [1.165, 1.54) is 0 Å². The predicted molar refractivity (Wildman–Crippen MR) is 80.4 cm³/mol. The minimum atomic E-state index is -1.06. The number of carbonyl (C=O) groups is 2. The van der Waals surface area contributed by atoms with Crippen LogP contribution in [-0.2, 0) is 16.0 Å². The lowest BCUT2D eigenvalue weighted by atomic mass is 10.0. The quantitative estimate of drug-likeness (QED) is 0.790. The van der Waals surface area contributed by atoms with Crippen molar-refractivity contribution < 1.29 is 19.4 Å². The summed E-state index contributed by atoms with van der Waals surface area (Å²) in [4.78, 5) is 22.5. The molecule has 0 bridgehead atoms. The Morgan fingerprint density at radius 3 is 2.52 bits per heavy atom. The Morgan fingerprint density at radius 2 is 2.00 bits per heavy atom. The number of carboxylic acids is 1. The first-order valence-electron chi connectivity index (χ1n) is 6.66. The normalized spacial score (nSPS) is 12.6. The highest BCUT2D eigenvalue weighted by molar-refractivity contribution is 5.86. The van der Waals surface area contributed by atoms with E-state index < -0.39 is 23.7 Å². The molecule has 1 atom stereocenters. The summed E-state index contributed by atoms with van der Waals surface area (Å²) >= 11 is 0. The van der Waals surface area contributed by atoms with Crippen LogP contribution in [0, 0.1) is 6.92 Å². The zero-order valence-corrected chi connectivity index (χ0v) is 12.8. The van der Waals surface area contributed by atoms with Gasteiger partial charge >= 0.3 is 12.1 Å². The number of anilines is 1. The molecule has 0 aliphatic rings. The van der Waals surface area contributed by atoms with Gasteiger partial charge in [-0.05, 0) is 51.3 Å². The maximum absolute atomic E-state index is 11.8. The van der Waals surface area contributed by atoms with Crippen LogP contribution in [0.15, 0.2) is 18.2 Å². The van der Waals surface area contributed by atoms with E-state index in [1.54, 1.807) is 39.0 Å². The van der Waals surface area contributed by atoms with E-state index in [0.29, 0.717) is 5.69 Å². The topological polar surface area (TPSA) is 102 Å². The summed E-state index contributed by atoms with van der Waals surface area (Å²) in [6, 6.07) is 4.33. The van der Waals surface area contributed by atoms with Crippen molar-refractivity contribution in [3.8, 4) is 0 Å². The van der Waals surface area contributed by atoms with Gasteiger partial charge in [-0.25, -0.2) is 4.79 Å². The molecule has 0 heterocycles. The summed E-state index contributed by atoms with van der Waals surface area (Å²) in [6.45, 7) is 7.18. The van der Waals surface area contributed by atoms with Crippen LogP contribution in [-0.4, -0.2) is 28.8 Å². The van der Waals surface area contributed by atoms with Gasteiger partial charge in [0.1, 0.15) is 11.6 Å². The van der Waals surface area contributed by atoms with Gasteiger partial charge in [-0.15, -0.1) is 0 Å². The van der Waals surface area contributed by atoms with Gasteiger partial charge in [0, 0.05) is 5.69 Å². The lowest BCUT2D eigenvalue weighted by Gasteiger charge is -2.20. The van der Waals surface area contributed by atoms with Crippen molar-refractivity contribution in [2.24, 2.45) is 5.73 Å². The molecule has 1 rings (SSSR count). The molecule has 1 aromatic carbocycles. The second kappa shape index (κ2) is 6.58. The second-order valence-electron chi connectivity index (χ2n) is 5.93. The SMILES string of the molecule is Cc1ccc(CC(N)C(=O)O)cc1NC(=O)OC(C)(C)C. The summed E-state index contributed by atoms with van der Waals surface area (Å²) in [5, 5.41) is 11.5. The first-order valence-corrected chi connectivity index (χ1v) is 6.66. The van der Waals surface area contributed by atoms with Gasteiger partial charge in [-0.3, -0.25) is 10.1 Å². The number of carboxylic acid groups (broad SMARTS) is 1. The van der Waals surface area contributed by atoms with Crippen LogP contribution in [0.1, 0.15) is 31.9 Å². The van der Waals surface area contributed by atoms with Gasteiger partial charge in [0.2, 0.25) is 0 Å². The fourth-order valence-electron chi connectivity index (χ4n) is 1.69. The van der Waals surface area contributed by atoms with Crippen molar-refractivity contribution in [1.29, 1.82) is 0 Å². The molecule has 116 valence electrons.